The second-order valence-electron chi connectivity index (χ2n) is 4.98. The summed E-state index contributed by atoms with van der Waals surface area (Å²) in [5.41, 5.74) is 2.74. The van der Waals surface area contributed by atoms with Crippen LogP contribution >= 0.6 is 11.3 Å². The molecule has 6 heteroatoms. The fourth-order valence-corrected chi connectivity index (χ4v) is 3.17. The quantitative estimate of drug-likeness (QED) is 0.850. The topological polar surface area (TPSA) is 59.0 Å². The van der Waals surface area contributed by atoms with E-state index in [1.54, 1.807) is 17.9 Å². The van der Waals surface area contributed by atoms with Gasteiger partial charge >= 0.3 is 0 Å². The molecule has 0 aromatic carbocycles. The first kappa shape index (κ1) is 13.2. The molecule has 1 fully saturated rings. The Labute approximate surface area is 121 Å². The number of carbonyl (C=O) groups excluding carboxylic acids is 1. The van der Waals surface area contributed by atoms with E-state index in [4.69, 9.17) is 0 Å². The lowest BCUT2D eigenvalue weighted by molar-refractivity contribution is 0.0710. The van der Waals surface area contributed by atoms with Gasteiger partial charge in [0.2, 0.25) is 0 Å². The number of carbonyl (C=O) groups is 1. The molecule has 0 bridgehead atoms. The van der Waals surface area contributed by atoms with Crippen molar-refractivity contribution in [2.75, 3.05) is 13.1 Å². The van der Waals surface area contributed by atoms with Crippen molar-refractivity contribution in [2.45, 2.75) is 25.7 Å². The van der Waals surface area contributed by atoms with Crippen LogP contribution in [-0.2, 0) is 0 Å². The molecule has 20 heavy (non-hydrogen) atoms. The Morgan fingerprint density at radius 3 is 3.15 bits per heavy atom. The van der Waals surface area contributed by atoms with Gasteiger partial charge < -0.3 is 4.90 Å². The summed E-state index contributed by atoms with van der Waals surface area (Å²) in [6, 6.07) is 1.96. The zero-order chi connectivity index (χ0) is 13.9. The molecule has 1 aliphatic heterocycles. The third kappa shape index (κ3) is 2.70. The third-order valence-electron chi connectivity index (χ3n) is 3.57. The van der Waals surface area contributed by atoms with E-state index in [1.807, 2.05) is 17.9 Å². The minimum Gasteiger partial charge on any atom is -0.337 e. The molecule has 0 unspecified atom stereocenters. The summed E-state index contributed by atoms with van der Waals surface area (Å²) < 4.78 is 0. The molecule has 2 aromatic rings. The first-order valence-electron chi connectivity index (χ1n) is 6.71. The van der Waals surface area contributed by atoms with Crippen molar-refractivity contribution in [3.63, 3.8) is 0 Å². The van der Waals surface area contributed by atoms with Gasteiger partial charge in [0, 0.05) is 30.9 Å². The summed E-state index contributed by atoms with van der Waals surface area (Å²) >= 11 is 1.40. The fraction of sp³-hybridized carbons (Fsp3) is 0.429. The van der Waals surface area contributed by atoms with Crippen molar-refractivity contribution in [1.29, 1.82) is 0 Å². The van der Waals surface area contributed by atoms with E-state index in [0.29, 0.717) is 10.8 Å². The molecule has 0 aliphatic carbocycles. The molecule has 1 saturated heterocycles. The molecular formula is C14H16N4OS. The van der Waals surface area contributed by atoms with Crippen LogP contribution in [0, 0.1) is 6.92 Å². The number of piperidine rings is 1. The van der Waals surface area contributed by atoms with E-state index < -0.39 is 0 Å². The van der Waals surface area contributed by atoms with Crippen LogP contribution in [0.3, 0.4) is 0 Å². The van der Waals surface area contributed by atoms with Crippen molar-refractivity contribution < 1.29 is 4.79 Å². The maximum Gasteiger partial charge on any atom is 0.265 e. The summed E-state index contributed by atoms with van der Waals surface area (Å²) in [5, 5.41) is 0. The monoisotopic (exact) mass is 288 g/mol. The molecule has 0 radical (unpaired) electrons. The zero-order valence-electron chi connectivity index (χ0n) is 11.3. The third-order valence-corrected chi connectivity index (χ3v) is 4.33. The van der Waals surface area contributed by atoms with Gasteiger partial charge in [0.15, 0.2) is 0 Å². The molecule has 0 saturated carbocycles. The Hall–Kier alpha value is -1.82. The Morgan fingerprint density at radius 2 is 2.40 bits per heavy atom. The summed E-state index contributed by atoms with van der Waals surface area (Å²) in [6.07, 6.45) is 5.52. The SMILES string of the molecule is Cc1nccc([C@H]2CCCN(C(=O)c3cncs3)C2)n1. The molecule has 1 atom stereocenters. The lowest BCUT2D eigenvalue weighted by atomic mass is 9.94. The Kier molecular flexibility index (Phi) is 3.73. The summed E-state index contributed by atoms with van der Waals surface area (Å²) in [7, 11) is 0. The second-order valence-corrected chi connectivity index (χ2v) is 5.87. The lowest BCUT2D eigenvalue weighted by Crippen LogP contribution is -2.39. The van der Waals surface area contributed by atoms with Crippen molar-refractivity contribution >= 4 is 17.2 Å². The first-order chi connectivity index (χ1) is 9.74. The molecule has 0 N–H and O–H groups in total. The average Bonchev–Trinajstić information content (AvgIpc) is 3.01. The molecule has 1 aliphatic rings. The fourth-order valence-electron chi connectivity index (χ4n) is 2.58. The van der Waals surface area contributed by atoms with Gasteiger partial charge in [-0.3, -0.25) is 9.78 Å². The van der Waals surface area contributed by atoms with E-state index >= 15 is 0 Å². The zero-order valence-corrected chi connectivity index (χ0v) is 12.1. The van der Waals surface area contributed by atoms with Crippen LogP contribution in [0.5, 0.6) is 0 Å². The van der Waals surface area contributed by atoms with Crippen molar-refractivity contribution in [3.8, 4) is 0 Å². The van der Waals surface area contributed by atoms with Crippen molar-refractivity contribution in [1.82, 2.24) is 19.9 Å². The van der Waals surface area contributed by atoms with Crippen LogP contribution in [0.15, 0.2) is 24.0 Å². The van der Waals surface area contributed by atoms with Crippen LogP contribution in [0.1, 0.15) is 39.9 Å². The Morgan fingerprint density at radius 1 is 1.50 bits per heavy atom. The second kappa shape index (κ2) is 5.66. The van der Waals surface area contributed by atoms with E-state index in [0.717, 1.165) is 37.4 Å². The average molecular weight is 288 g/mol. The minimum atomic E-state index is 0.0861. The number of aryl methyl sites for hydroxylation is 1. The predicted octanol–water partition coefficient (Wildman–Crippen LogP) is 2.26. The normalized spacial score (nSPS) is 19.1. The van der Waals surface area contributed by atoms with E-state index in [2.05, 4.69) is 15.0 Å². The highest BCUT2D eigenvalue weighted by molar-refractivity contribution is 7.11. The Balaban J connectivity index is 1.75. The van der Waals surface area contributed by atoms with E-state index in [-0.39, 0.29) is 5.91 Å². The standard InChI is InChI=1S/C14H16N4OS/c1-10-16-5-4-12(17-10)11-3-2-6-18(8-11)14(19)13-7-15-9-20-13/h4-5,7,9,11H,2-3,6,8H2,1H3/t11-/m0/s1. The number of hydrogen-bond donors (Lipinski definition) is 0. The molecule has 3 heterocycles. The molecule has 104 valence electrons. The van der Waals surface area contributed by atoms with Crippen LogP contribution in [-0.4, -0.2) is 38.8 Å². The van der Waals surface area contributed by atoms with Crippen LogP contribution in [0.4, 0.5) is 0 Å². The summed E-state index contributed by atoms with van der Waals surface area (Å²) in [5.74, 6) is 1.18. The summed E-state index contributed by atoms with van der Waals surface area (Å²) in [4.78, 5) is 27.6. The highest BCUT2D eigenvalue weighted by Gasteiger charge is 2.26. The number of amides is 1. The Bertz CT molecular complexity index is 599. The van der Waals surface area contributed by atoms with Crippen molar-refractivity contribution in [2.24, 2.45) is 0 Å². The molecule has 1 amide bonds. The summed E-state index contributed by atoms with van der Waals surface area (Å²) in [6.45, 7) is 3.44. The smallest absolute Gasteiger partial charge is 0.265 e. The van der Waals surface area contributed by atoms with Gasteiger partial charge in [0.25, 0.3) is 5.91 Å². The maximum absolute atomic E-state index is 12.4. The molecule has 0 spiro atoms. The number of aromatic nitrogens is 3. The van der Waals surface area contributed by atoms with E-state index in [9.17, 15) is 4.79 Å². The molecular weight excluding hydrogens is 272 g/mol. The number of rotatable bonds is 2. The van der Waals surface area contributed by atoms with Gasteiger partial charge in [0.05, 0.1) is 11.7 Å². The van der Waals surface area contributed by atoms with Crippen molar-refractivity contribution in [3.05, 3.63) is 40.4 Å². The van der Waals surface area contributed by atoms with Crippen LogP contribution < -0.4 is 0 Å². The van der Waals surface area contributed by atoms with E-state index in [1.165, 1.54) is 11.3 Å². The first-order valence-corrected chi connectivity index (χ1v) is 7.59. The highest BCUT2D eigenvalue weighted by atomic mass is 32.1. The van der Waals surface area contributed by atoms with Gasteiger partial charge in [-0.1, -0.05) is 0 Å². The van der Waals surface area contributed by atoms with Crippen LogP contribution in [0.2, 0.25) is 0 Å². The van der Waals surface area contributed by atoms with Gasteiger partial charge in [0.1, 0.15) is 10.7 Å². The van der Waals surface area contributed by atoms with Crippen LogP contribution in [0.25, 0.3) is 0 Å². The molecule has 3 rings (SSSR count). The van der Waals surface area contributed by atoms with Gasteiger partial charge in [-0.2, -0.15) is 0 Å². The largest absolute Gasteiger partial charge is 0.337 e. The van der Waals surface area contributed by atoms with Gasteiger partial charge in [-0.25, -0.2) is 9.97 Å². The van der Waals surface area contributed by atoms with Gasteiger partial charge in [-0.05, 0) is 25.8 Å². The predicted molar refractivity (Wildman–Crippen MR) is 76.8 cm³/mol. The molecule has 2 aromatic heterocycles. The highest BCUT2D eigenvalue weighted by Crippen LogP contribution is 2.26. The maximum atomic E-state index is 12.4. The number of likely N-dealkylation sites (tertiary alicyclic amines) is 1. The number of thiazole rings is 1. The molecule has 5 nitrogen and oxygen atoms in total. The number of hydrogen-bond acceptors (Lipinski definition) is 5. The minimum absolute atomic E-state index is 0.0861. The lowest BCUT2D eigenvalue weighted by Gasteiger charge is -2.32. The van der Waals surface area contributed by atoms with Gasteiger partial charge in [-0.15, -0.1) is 11.3 Å². The number of nitrogens with zero attached hydrogens (tertiary/aromatic N) is 4.